The van der Waals surface area contributed by atoms with E-state index in [0.717, 1.165) is 4.90 Å². The standard InChI is InChI=1S/C20H20FN3O4/c1-28-19(26)9-5-14-4-8-18(17(21)12-14)24(10-11-25)20(27)23-16-6-2-15(13-22)3-7-16/h2-4,6-8,12,25H,5,9-11H2,1H3,(H,23,27). The molecule has 28 heavy (non-hydrogen) atoms. The maximum absolute atomic E-state index is 14.6. The van der Waals surface area contributed by atoms with Gasteiger partial charge in [0.25, 0.3) is 0 Å². The smallest absolute Gasteiger partial charge is 0.326 e. The van der Waals surface area contributed by atoms with E-state index in [9.17, 15) is 19.1 Å². The minimum Gasteiger partial charge on any atom is -0.469 e. The van der Waals surface area contributed by atoms with E-state index < -0.39 is 17.8 Å². The molecule has 0 spiro atoms. The fourth-order valence-electron chi connectivity index (χ4n) is 2.52. The molecule has 2 amide bonds. The number of aliphatic hydroxyl groups is 1. The Morgan fingerprint density at radius 2 is 1.96 bits per heavy atom. The lowest BCUT2D eigenvalue weighted by Gasteiger charge is -2.23. The van der Waals surface area contributed by atoms with Crippen LogP contribution in [-0.4, -0.2) is 37.4 Å². The summed E-state index contributed by atoms with van der Waals surface area (Å²) in [5.74, 6) is -1.04. The van der Waals surface area contributed by atoms with Crippen molar-refractivity contribution in [3.05, 3.63) is 59.4 Å². The number of esters is 1. The van der Waals surface area contributed by atoms with Gasteiger partial charge in [0.1, 0.15) is 5.82 Å². The highest BCUT2D eigenvalue weighted by molar-refractivity contribution is 6.01. The molecule has 146 valence electrons. The molecule has 0 fully saturated rings. The van der Waals surface area contributed by atoms with Crippen LogP contribution in [0, 0.1) is 17.1 Å². The number of methoxy groups -OCH3 is 1. The van der Waals surface area contributed by atoms with Crippen molar-refractivity contribution >= 4 is 23.4 Å². The van der Waals surface area contributed by atoms with E-state index >= 15 is 0 Å². The van der Waals surface area contributed by atoms with Gasteiger partial charge in [0.2, 0.25) is 0 Å². The van der Waals surface area contributed by atoms with Crippen molar-refractivity contribution in [1.82, 2.24) is 0 Å². The van der Waals surface area contributed by atoms with Gasteiger partial charge in [-0.05, 0) is 48.4 Å². The van der Waals surface area contributed by atoms with Crippen molar-refractivity contribution in [2.24, 2.45) is 0 Å². The number of rotatable bonds is 7. The van der Waals surface area contributed by atoms with Gasteiger partial charge < -0.3 is 15.2 Å². The first-order valence-corrected chi connectivity index (χ1v) is 8.53. The topological polar surface area (TPSA) is 103 Å². The van der Waals surface area contributed by atoms with Crippen molar-refractivity contribution < 1.29 is 23.8 Å². The van der Waals surface area contributed by atoms with Crippen molar-refractivity contribution in [2.45, 2.75) is 12.8 Å². The number of hydrogen-bond acceptors (Lipinski definition) is 5. The van der Waals surface area contributed by atoms with Crippen LogP contribution in [0.25, 0.3) is 0 Å². The van der Waals surface area contributed by atoms with E-state index in [0.29, 0.717) is 23.2 Å². The first-order chi connectivity index (χ1) is 13.5. The van der Waals surface area contributed by atoms with E-state index in [1.54, 1.807) is 30.3 Å². The van der Waals surface area contributed by atoms with Crippen molar-refractivity contribution in [1.29, 1.82) is 5.26 Å². The van der Waals surface area contributed by atoms with Crippen LogP contribution >= 0.6 is 0 Å². The SMILES string of the molecule is COC(=O)CCc1ccc(N(CCO)C(=O)Nc2ccc(C#N)cc2)c(F)c1. The number of nitrogens with one attached hydrogen (secondary N) is 1. The Morgan fingerprint density at radius 3 is 2.54 bits per heavy atom. The molecular formula is C20H20FN3O4. The highest BCUT2D eigenvalue weighted by Crippen LogP contribution is 2.22. The number of ether oxygens (including phenoxy) is 1. The Labute approximate surface area is 162 Å². The monoisotopic (exact) mass is 385 g/mol. The normalized spacial score (nSPS) is 10.1. The second kappa shape index (κ2) is 10.0. The number of aliphatic hydroxyl groups excluding tert-OH is 1. The van der Waals surface area contributed by atoms with E-state index in [4.69, 9.17) is 5.26 Å². The fourth-order valence-corrected chi connectivity index (χ4v) is 2.52. The van der Waals surface area contributed by atoms with Gasteiger partial charge in [0, 0.05) is 12.1 Å². The van der Waals surface area contributed by atoms with Crippen LogP contribution in [0.3, 0.4) is 0 Å². The summed E-state index contributed by atoms with van der Waals surface area (Å²) in [6.45, 7) is -0.467. The zero-order valence-electron chi connectivity index (χ0n) is 15.3. The second-order valence-electron chi connectivity index (χ2n) is 5.86. The van der Waals surface area contributed by atoms with Crippen molar-refractivity contribution in [2.75, 3.05) is 30.5 Å². The quantitative estimate of drug-likeness (QED) is 0.714. The number of anilines is 2. The van der Waals surface area contributed by atoms with Crippen molar-refractivity contribution in [3.8, 4) is 6.07 Å². The Bertz CT molecular complexity index is 878. The van der Waals surface area contributed by atoms with Gasteiger partial charge in [-0.15, -0.1) is 0 Å². The molecule has 0 aliphatic rings. The maximum Gasteiger partial charge on any atom is 0.326 e. The molecule has 0 bridgehead atoms. The molecular weight excluding hydrogens is 365 g/mol. The summed E-state index contributed by atoms with van der Waals surface area (Å²) < 4.78 is 19.1. The van der Waals surface area contributed by atoms with E-state index in [1.165, 1.54) is 19.2 Å². The van der Waals surface area contributed by atoms with Gasteiger partial charge in [0.05, 0.1) is 37.6 Å². The molecule has 7 nitrogen and oxygen atoms in total. The third kappa shape index (κ3) is 5.53. The van der Waals surface area contributed by atoms with Gasteiger partial charge >= 0.3 is 12.0 Å². The summed E-state index contributed by atoms with van der Waals surface area (Å²) in [5, 5.41) is 20.7. The predicted molar refractivity (Wildman–Crippen MR) is 101 cm³/mol. The van der Waals surface area contributed by atoms with Crippen LogP contribution in [0.4, 0.5) is 20.6 Å². The lowest BCUT2D eigenvalue weighted by Crippen LogP contribution is -2.37. The van der Waals surface area contributed by atoms with Crippen LogP contribution in [0.1, 0.15) is 17.5 Å². The molecule has 8 heteroatoms. The van der Waals surface area contributed by atoms with Crippen LogP contribution in [-0.2, 0) is 16.0 Å². The molecule has 0 unspecified atom stereocenters. The maximum atomic E-state index is 14.6. The molecule has 0 atom stereocenters. The van der Waals surface area contributed by atoms with Gasteiger partial charge in [-0.3, -0.25) is 9.69 Å². The lowest BCUT2D eigenvalue weighted by molar-refractivity contribution is -0.140. The molecule has 0 saturated heterocycles. The first kappa shape index (κ1) is 20.9. The summed E-state index contributed by atoms with van der Waals surface area (Å²) in [4.78, 5) is 24.9. The largest absolute Gasteiger partial charge is 0.469 e. The van der Waals surface area contributed by atoms with Gasteiger partial charge in [0.15, 0.2) is 0 Å². The average Bonchev–Trinajstić information content (AvgIpc) is 2.71. The van der Waals surface area contributed by atoms with Gasteiger partial charge in [-0.1, -0.05) is 6.07 Å². The number of aryl methyl sites for hydroxylation is 1. The molecule has 2 aromatic rings. The lowest BCUT2D eigenvalue weighted by atomic mass is 10.1. The van der Waals surface area contributed by atoms with E-state index in [2.05, 4.69) is 10.1 Å². The predicted octanol–water partition coefficient (Wildman–Crippen LogP) is 2.83. The van der Waals surface area contributed by atoms with Gasteiger partial charge in [-0.25, -0.2) is 9.18 Å². The summed E-state index contributed by atoms with van der Waals surface area (Å²) >= 11 is 0. The highest BCUT2D eigenvalue weighted by atomic mass is 19.1. The Morgan fingerprint density at radius 1 is 1.25 bits per heavy atom. The molecule has 0 saturated carbocycles. The molecule has 2 N–H and O–H groups in total. The van der Waals surface area contributed by atoms with Crippen LogP contribution < -0.4 is 10.2 Å². The highest BCUT2D eigenvalue weighted by Gasteiger charge is 2.19. The number of carbonyl (C=O) groups excluding carboxylic acids is 2. The third-order valence-corrected chi connectivity index (χ3v) is 3.98. The number of benzene rings is 2. The number of nitrogens with zero attached hydrogens (tertiary/aromatic N) is 2. The second-order valence-corrected chi connectivity index (χ2v) is 5.86. The minimum absolute atomic E-state index is 0.00186. The molecule has 2 aromatic carbocycles. The molecule has 0 aliphatic carbocycles. The molecule has 0 radical (unpaired) electrons. The fraction of sp³-hybridized carbons (Fsp3) is 0.250. The van der Waals surface area contributed by atoms with Crippen LogP contribution in [0.2, 0.25) is 0 Å². The number of nitriles is 1. The average molecular weight is 385 g/mol. The minimum atomic E-state index is -0.647. The third-order valence-electron chi connectivity index (χ3n) is 3.98. The molecule has 0 aromatic heterocycles. The Hall–Kier alpha value is -3.44. The van der Waals surface area contributed by atoms with Crippen molar-refractivity contribution in [3.63, 3.8) is 0 Å². The first-order valence-electron chi connectivity index (χ1n) is 8.53. The number of hydrogen-bond donors (Lipinski definition) is 2. The Kier molecular flexibility index (Phi) is 7.48. The molecule has 2 rings (SSSR count). The number of urea groups is 1. The molecule has 0 heterocycles. The van der Waals surface area contributed by atoms with Crippen LogP contribution in [0.15, 0.2) is 42.5 Å². The zero-order chi connectivity index (χ0) is 20.5. The zero-order valence-corrected chi connectivity index (χ0v) is 15.3. The Balaban J connectivity index is 2.16. The number of carbonyl (C=O) groups is 2. The van der Waals surface area contributed by atoms with Gasteiger partial charge in [-0.2, -0.15) is 5.26 Å². The number of halogens is 1. The summed E-state index contributed by atoms with van der Waals surface area (Å²) in [5.41, 5.74) is 1.46. The summed E-state index contributed by atoms with van der Waals surface area (Å²) in [6, 6.07) is 11.8. The summed E-state index contributed by atoms with van der Waals surface area (Å²) in [6.07, 6.45) is 0.427. The van der Waals surface area contributed by atoms with Crippen LogP contribution in [0.5, 0.6) is 0 Å². The van der Waals surface area contributed by atoms with E-state index in [-0.39, 0.29) is 25.3 Å². The summed E-state index contributed by atoms with van der Waals surface area (Å²) in [7, 11) is 1.28. The number of amides is 2. The van der Waals surface area contributed by atoms with E-state index in [1.807, 2.05) is 6.07 Å². The molecule has 0 aliphatic heterocycles.